The number of rotatable bonds is 4. The standard InChI is InChI=1S/C13H13BrClN3O/c1-8-3-4-9(14)5-10(8)16-12-6-11(15)17-13(18-12)7-19-2/h3-6H,7H2,1-2H3,(H,16,17,18). The first-order chi connectivity index (χ1) is 9.08. The van der Waals surface area contributed by atoms with Gasteiger partial charge in [0.15, 0.2) is 5.82 Å². The van der Waals surface area contributed by atoms with Crippen molar-refractivity contribution in [1.29, 1.82) is 0 Å². The molecule has 0 radical (unpaired) electrons. The van der Waals surface area contributed by atoms with Crippen molar-refractivity contribution in [1.82, 2.24) is 9.97 Å². The fourth-order valence-corrected chi connectivity index (χ4v) is 2.15. The molecule has 0 spiro atoms. The summed E-state index contributed by atoms with van der Waals surface area (Å²) < 4.78 is 6.01. The highest BCUT2D eigenvalue weighted by Crippen LogP contribution is 2.24. The Morgan fingerprint density at radius 2 is 2.11 bits per heavy atom. The summed E-state index contributed by atoms with van der Waals surface area (Å²) in [5.41, 5.74) is 2.08. The second-order valence-corrected chi connectivity index (χ2v) is 5.31. The van der Waals surface area contributed by atoms with E-state index in [1.165, 1.54) is 0 Å². The highest BCUT2D eigenvalue weighted by molar-refractivity contribution is 9.10. The predicted octanol–water partition coefficient (Wildman–Crippen LogP) is 4.09. The van der Waals surface area contributed by atoms with Crippen LogP contribution in [-0.4, -0.2) is 17.1 Å². The van der Waals surface area contributed by atoms with Crippen LogP contribution in [0.25, 0.3) is 0 Å². The summed E-state index contributed by atoms with van der Waals surface area (Å²) in [5, 5.41) is 3.62. The Hall–Kier alpha value is -1.17. The van der Waals surface area contributed by atoms with Gasteiger partial charge in [-0.15, -0.1) is 0 Å². The van der Waals surface area contributed by atoms with E-state index in [1.807, 2.05) is 25.1 Å². The largest absolute Gasteiger partial charge is 0.377 e. The molecule has 100 valence electrons. The van der Waals surface area contributed by atoms with Gasteiger partial charge in [0.2, 0.25) is 0 Å². The van der Waals surface area contributed by atoms with Crippen molar-refractivity contribution < 1.29 is 4.74 Å². The molecule has 1 heterocycles. The summed E-state index contributed by atoms with van der Waals surface area (Å²) in [6, 6.07) is 7.68. The fraction of sp³-hybridized carbons (Fsp3) is 0.231. The molecule has 0 saturated carbocycles. The van der Waals surface area contributed by atoms with E-state index >= 15 is 0 Å². The van der Waals surface area contributed by atoms with E-state index in [2.05, 4.69) is 31.2 Å². The van der Waals surface area contributed by atoms with Crippen LogP contribution in [0.2, 0.25) is 5.15 Å². The zero-order valence-corrected chi connectivity index (χ0v) is 12.9. The Balaban J connectivity index is 2.29. The number of hydrogen-bond acceptors (Lipinski definition) is 4. The molecule has 0 aliphatic rings. The first-order valence-corrected chi connectivity index (χ1v) is 6.81. The average Bonchev–Trinajstić information content (AvgIpc) is 2.33. The zero-order chi connectivity index (χ0) is 13.8. The maximum absolute atomic E-state index is 5.97. The summed E-state index contributed by atoms with van der Waals surface area (Å²) in [6.07, 6.45) is 0. The lowest BCUT2D eigenvalue weighted by atomic mass is 10.2. The number of hydrogen-bond donors (Lipinski definition) is 1. The molecule has 0 atom stereocenters. The third-order valence-corrected chi connectivity index (χ3v) is 3.16. The molecular formula is C13H13BrClN3O. The average molecular weight is 343 g/mol. The molecule has 1 aromatic heterocycles. The highest BCUT2D eigenvalue weighted by Gasteiger charge is 2.05. The number of aromatic nitrogens is 2. The molecule has 1 aromatic carbocycles. The van der Waals surface area contributed by atoms with Crippen LogP contribution in [0, 0.1) is 6.92 Å². The molecule has 1 N–H and O–H groups in total. The van der Waals surface area contributed by atoms with Gasteiger partial charge < -0.3 is 10.1 Å². The number of anilines is 2. The third kappa shape index (κ3) is 3.89. The van der Waals surface area contributed by atoms with Crippen molar-refractivity contribution in [2.24, 2.45) is 0 Å². The van der Waals surface area contributed by atoms with Crippen molar-refractivity contribution in [2.75, 3.05) is 12.4 Å². The van der Waals surface area contributed by atoms with E-state index in [0.29, 0.717) is 23.4 Å². The van der Waals surface area contributed by atoms with Gasteiger partial charge in [0, 0.05) is 23.3 Å². The van der Waals surface area contributed by atoms with Crippen LogP contribution in [0.15, 0.2) is 28.7 Å². The van der Waals surface area contributed by atoms with Gasteiger partial charge >= 0.3 is 0 Å². The number of nitrogens with zero attached hydrogens (tertiary/aromatic N) is 2. The van der Waals surface area contributed by atoms with E-state index < -0.39 is 0 Å². The third-order valence-electron chi connectivity index (χ3n) is 2.48. The SMILES string of the molecule is COCc1nc(Cl)cc(Nc2cc(Br)ccc2C)n1. The van der Waals surface area contributed by atoms with Gasteiger partial charge in [-0.05, 0) is 24.6 Å². The summed E-state index contributed by atoms with van der Waals surface area (Å²) in [4.78, 5) is 8.43. The molecule has 19 heavy (non-hydrogen) atoms. The molecule has 4 nitrogen and oxygen atoms in total. The maximum Gasteiger partial charge on any atom is 0.158 e. The topological polar surface area (TPSA) is 47.0 Å². The van der Waals surface area contributed by atoms with Crippen molar-refractivity contribution in [3.8, 4) is 0 Å². The number of nitrogens with one attached hydrogen (secondary N) is 1. The molecule has 6 heteroatoms. The van der Waals surface area contributed by atoms with Crippen molar-refractivity contribution in [3.63, 3.8) is 0 Å². The van der Waals surface area contributed by atoms with Crippen molar-refractivity contribution in [3.05, 3.63) is 45.3 Å². The molecule has 2 rings (SSSR count). The highest BCUT2D eigenvalue weighted by atomic mass is 79.9. The first-order valence-electron chi connectivity index (χ1n) is 5.64. The molecule has 0 amide bonds. The van der Waals surface area contributed by atoms with Gasteiger partial charge in [0.05, 0.1) is 0 Å². The lowest BCUT2D eigenvalue weighted by molar-refractivity contribution is 0.178. The minimum Gasteiger partial charge on any atom is -0.377 e. The summed E-state index contributed by atoms with van der Waals surface area (Å²) in [7, 11) is 1.59. The van der Waals surface area contributed by atoms with Crippen molar-refractivity contribution >= 4 is 39.0 Å². The van der Waals surface area contributed by atoms with E-state index in [0.717, 1.165) is 15.7 Å². The van der Waals surface area contributed by atoms with Crippen LogP contribution < -0.4 is 5.32 Å². The lowest BCUT2D eigenvalue weighted by Gasteiger charge is -2.10. The quantitative estimate of drug-likeness (QED) is 0.850. The number of aryl methyl sites for hydroxylation is 1. The van der Waals surface area contributed by atoms with Crippen LogP contribution >= 0.6 is 27.5 Å². The molecule has 0 fully saturated rings. The molecule has 0 bridgehead atoms. The van der Waals surface area contributed by atoms with Crippen molar-refractivity contribution in [2.45, 2.75) is 13.5 Å². The maximum atomic E-state index is 5.97. The zero-order valence-electron chi connectivity index (χ0n) is 10.6. The molecule has 0 aliphatic carbocycles. The van der Waals surface area contributed by atoms with Gasteiger partial charge in [-0.2, -0.15) is 0 Å². The fourth-order valence-electron chi connectivity index (χ4n) is 1.59. The number of halogens is 2. The molecular weight excluding hydrogens is 330 g/mol. The van der Waals surface area contributed by atoms with E-state index in [4.69, 9.17) is 16.3 Å². The minimum absolute atomic E-state index is 0.326. The second-order valence-electron chi connectivity index (χ2n) is 4.01. The first kappa shape index (κ1) is 14.2. The molecule has 2 aromatic rings. The van der Waals surface area contributed by atoms with E-state index in [1.54, 1.807) is 13.2 Å². The Morgan fingerprint density at radius 3 is 2.84 bits per heavy atom. The van der Waals surface area contributed by atoms with E-state index in [9.17, 15) is 0 Å². The Bertz CT molecular complexity index is 592. The van der Waals surface area contributed by atoms with Crippen LogP contribution in [0.5, 0.6) is 0 Å². The van der Waals surface area contributed by atoms with Crippen LogP contribution in [0.3, 0.4) is 0 Å². The van der Waals surface area contributed by atoms with Gasteiger partial charge in [-0.1, -0.05) is 33.6 Å². The summed E-state index contributed by atoms with van der Waals surface area (Å²) in [6.45, 7) is 2.35. The number of ether oxygens (including phenoxy) is 1. The Labute approximate surface area is 125 Å². The molecule has 0 saturated heterocycles. The monoisotopic (exact) mass is 341 g/mol. The predicted molar refractivity (Wildman–Crippen MR) is 79.9 cm³/mol. The van der Waals surface area contributed by atoms with Crippen LogP contribution in [0.1, 0.15) is 11.4 Å². The summed E-state index contributed by atoms with van der Waals surface area (Å²) in [5.74, 6) is 1.19. The molecule has 0 aliphatic heterocycles. The van der Waals surface area contributed by atoms with Gasteiger partial charge in [-0.25, -0.2) is 9.97 Å². The van der Waals surface area contributed by atoms with Gasteiger partial charge in [-0.3, -0.25) is 0 Å². The second kappa shape index (κ2) is 6.32. The van der Waals surface area contributed by atoms with Crippen LogP contribution in [-0.2, 0) is 11.3 Å². The Kier molecular flexibility index (Phi) is 4.74. The normalized spacial score (nSPS) is 10.5. The summed E-state index contributed by atoms with van der Waals surface area (Å²) >= 11 is 9.41. The van der Waals surface area contributed by atoms with Gasteiger partial charge in [0.1, 0.15) is 17.6 Å². The number of benzene rings is 1. The Morgan fingerprint density at radius 1 is 1.32 bits per heavy atom. The lowest BCUT2D eigenvalue weighted by Crippen LogP contribution is -2.02. The van der Waals surface area contributed by atoms with Gasteiger partial charge in [0.25, 0.3) is 0 Å². The van der Waals surface area contributed by atoms with Crippen LogP contribution in [0.4, 0.5) is 11.5 Å². The number of methoxy groups -OCH3 is 1. The smallest absolute Gasteiger partial charge is 0.158 e. The van der Waals surface area contributed by atoms with E-state index in [-0.39, 0.29) is 0 Å². The molecule has 0 unspecified atom stereocenters. The minimum atomic E-state index is 0.326.